The van der Waals surface area contributed by atoms with E-state index < -0.39 is 0 Å². The molecule has 0 bridgehead atoms. The molecule has 0 radical (unpaired) electrons. The summed E-state index contributed by atoms with van der Waals surface area (Å²) in [7, 11) is 0. The van der Waals surface area contributed by atoms with Gasteiger partial charge in [0.1, 0.15) is 0 Å². The molecule has 1 aliphatic rings. The van der Waals surface area contributed by atoms with Crippen LogP contribution in [0.4, 0.5) is 0 Å². The molecule has 0 spiro atoms. The van der Waals surface area contributed by atoms with Crippen LogP contribution in [0.15, 0.2) is 28.9 Å². The summed E-state index contributed by atoms with van der Waals surface area (Å²) in [6.07, 6.45) is 6.20. The van der Waals surface area contributed by atoms with E-state index in [0.29, 0.717) is 0 Å². The SMILES string of the molecule is CC(C)(C)S/N=C(\CCC1OCCCO1)c1cccnc1. The predicted molar refractivity (Wildman–Crippen MR) is 87.7 cm³/mol. The van der Waals surface area contributed by atoms with E-state index in [1.165, 1.54) is 0 Å². The Hall–Kier alpha value is -0.910. The number of hydrogen-bond donors (Lipinski definition) is 0. The van der Waals surface area contributed by atoms with Crippen LogP contribution in [-0.2, 0) is 9.47 Å². The van der Waals surface area contributed by atoms with Crippen molar-refractivity contribution in [3.63, 3.8) is 0 Å². The van der Waals surface area contributed by atoms with E-state index in [1.807, 2.05) is 12.3 Å². The number of pyridine rings is 1. The van der Waals surface area contributed by atoms with Crippen molar-refractivity contribution in [2.45, 2.75) is 51.1 Å². The van der Waals surface area contributed by atoms with Crippen LogP contribution in [0.1, 0.15) is 45.6 Å². The van der Waals surface area contributed by atoms with Gasteiger partial charge in [0.2, 0.25) is 0 Å². The maximum Gasteiger partial charge on any atom is 0.157 e. The largest absolute Gasteiger partial charge is 0.353 e. The van der Waals surface area contributed by atoms with E-state index in [-0.39, 0.29) is 11.0 Å². The number of nitrogens with zero attached hydrogens (tertiary/aromatic N) is 2. The molecule has 1 fully saturated rings. The molecular formula is C16H24N2O2S. The Morgan fingerprint density at radius 1 is 1.38 bits per heavy atom. The van der Waals surface area contributed by atoms with Gasteiger partial charge < -0.3 is 9.47 Å². The van der Waals surface area contributed by atoms with Crippen molar-refractivity contribution in [1.29, 1.82) is 0 Å². The third-order valence-electron chi connectivity index (χ3n) is 2.94. The maximum atomic E-state index is 5.61. The van der Waals surface area contributed by atoms with Gasteiger partial charge in [-0.2, -0.15) is 0 Å². The molecule has 1 aliphatic heterocycles. The lowest BCUT2D eigenvalue weighted by Gasteiger charge is -2.23. The molecule has 1 aromatic rings. The minimum atomic E-state index is -0.0970. The number of ether oxygens (including phenoxy) is 2. The fraction of sp³-hybridized carbons (Fsp3) is 0.625. The summed E-state index contributed by atoms with van der Waals surface area (Å²) in [5, 5.41) is 0. The molecule has 4 nitrogen and oxygen atoms in total. The third kappa shape index (κ3) is 6.16. The van der Waals surface area contributed by atoms with Crippen molar-refractivity contribution >= 4 is 17.7 Å². The minimum absolute atomic E-state index is 0.0970. The summed E-state index contributed by atoms with van der Waals surface area (Å²) in [5.74, 6) is 0. The molecule has 5 heteroatoms. The zero-order chi connectivity index (χ0) is 15.1. The highest BCUT2D eigenvalue weighted by atomic mass is 32.2. The number of rotatable bonds is 5. The van der Waals surface area contributed by atoms with Gasteiger partial charge in [-0.15, -0.1) is 0 Å². The maximum absolute atomic E-state index is 5.61. The van der Waals surface area contributed by atoms with Crippen molar-refractivity contribution in [2.75, 3.05) is 13.2 Å². The molecule has 0 unspecified atom stereocenters. The van der Waals surface area contributed by atoms with E-state index in [2.05, 4.69) is 31.8 Å². The van der Waals surface area contributed by atoms with E-state index >= 15 is 0 Å². The first kappa shape index (κ1) is 16.5. The highest BCUT2D eigenvalue weighted by Crippen LogP contribution is 2.26. The second kappa shape index (κ2) is 7.92. The van der Waals surface area contributed by atoms with Crippen molar-refractivity contribution < 1.29 is 9.47 Å². The topological polar surface area (TPSA) is 43.7 Å². The molecule has 2 heterocycles. The van der Waals surface area contributed by atoms with Crippen molar-refractivity contribution in [2.24, 2.45) is 4.40 Å². The summed E-state index contributed by atoms with van der Waals surface area (Å²) in [5.41, 5.74) is 2.13. The number of aromatic nitrogens is 1. The molecule has 0 amide bonds. The summed E-state index contributed by atoms with van der Waals surface area (Å²) in [6, 6.07) is 4.00. The molecule has 0 aliphatic carbocycles. The third-order valence-corrected chi connectivity index (χ3v) is 3.80. The fourth-order valence-electron chi connectivity index (χ4n) is 1.93. The van der Waals surface area contributed by atoms with E-state index in [9.17, 15) is 0 Å². The van der Waals surface area contributed by atoms with Gasteiger partial charge in [0, 0.05) is 29.1 Å². The Balaban J connectivity index is 2.01. The smallest absolute Gasteiger partial charge is 0.157 e. The highest BCUT2D eigenvalue weighted by Gasteiger charge is 2.17. The summed E-state index contributed by atoms with van der Waals surface area (Å²) in [4.78, 5) is 4.19. The van der Waals surface area contributed by atoms with Gasteiger partial charge >= 0.3 is 0 Å². The highest BCUT2D eigenvalue weighted by molar-refractivity contribution is 7.99. The summed E-state index contributed by atoms with van der Waals surface area (Å²) >= 11 is 1.60. The van der Waals surface area contributed by atoms with Crippen LogP contribution >= 0.6 is 11.9 Å². The number of hydrogen-bond acceptors (Lipinski definition) is 5. The minimum Gasteiger partial charge on any atom is -0.353 e. The lowest BCUT2D eigenvalue weighted by molar-refractivity contribution is -0.180. The van der Waals surface area contributed by atoms with Crippen LogP contribution in [0.25, 0.3) is 0 Å². The van der Waals surface area contributed by atoms with Crippen LogP contribution in [0.5, 0.6) is 0 Å². The zero-order valence-corrected chi connectivity index (χ0v) is 13.9. The van der Waals surface area contributed by atoms with Gasteiger partial charge in [0.05, 0.1) is 18.9 Å². The van der Waals surface area contributed by atoms with Crippen molar-refractivity contribution in [3.05, 3.63) is 30.1 Å². The van der Waals surface area contributed by atoms with Gasteiger partial charge in [-0.1, -0.05) is 6.07 Å². The molecule has 0 saturated carbocycles. The van der Waals surface area contributed by atoms with Crippen LogP contribution in [0.3, 0.4) is 0 Å². The quantitative estimate of drug-likeness (QED) is 0.612. The molecular weight excluding hydrogens is 284 g/mol. The lowest BCUT2D eigenvalue weighted by atomic mass is 10.1. The second-order valence-corrected chi connectivity index (χ2v) is 7.64. The van der Waals surface area contributed by atoms with E-state index in [1.54, 1.807) is 18.1 Å². The van der Waals surface area contributed by atoms with Crippen LogP contribution in [-0.4, -0.2) is 34.9 Å². The zero-order valence-electron chi connectivity index (χ0n) is 13.0. The summed E-state index contributed by atoms with van der Waals surface area (Å²) < 4.78 is 16.1. The summed E-state index contributed by atoms with van der Waals surface area (Å²) in [6.45, 7) is 8.07. The normalized spacial score (nSPS) is 18.0. The van der Waals surface area contributed by atoms with Gasteiger partial charge in [-0.3, -0.25) is 4.98 Å². The molecule has 1 aromatic heterocycles. The monoisotopic (exact) mass is 308 g/mol. The van der Waals surface area contributed by atoms with Crippen LogP contribution < -0.4 is 0 Å². The Morgan fingerprint density at radius 2 is 2.14 bits per heavy atom. The molecule has 0 N–H and O–H groups in total. The first-order valence-corrected chi connectivity index (χ1v) is 8.20. The van der Waals surface area contributed by atoms with Crippen LogP contribution in [0.2, 0.25) is 0 Å². The van der Waals surface area contributed by atoms with E-state index in [0.717, 1.165) is 43.8 Å². The predicted octanol–water partition coefficient (Wildman–Crippen LogP) is 3.86. The average molecular weight is 308 g/mol. The van der Waals surface area contributed by atoms with Crippen molar-refractivity contribution in [3.8, 4) is 0 Å². The Labute approximate surface area is 131 Å². The lowest BCUT2D eigenvalue weighted by Crippen LogP contribution is -2.25. The van der Waals surface area contributed by atoms with Gasteiger partial charge in [0.25, 0.3) is 0 Å². The van der Waals surface area contributed by atoms with Crippen molar-refractivity contribution in [1.82, 2.24) is 4.98 Å². The first-order valence-electron chi connectivity index (χ1n) is 7.43. The average Bonchev–Trinajstić information content (AvgIpc) is 2.48. The molecule has 0 aromatic carbocycles. The van der Waals surface area contributed by atoms with Gasteiger partial charge in [0.15, 0.2) is 6.29 Å². The Kier molecular flexibility index (Phi) is 6.21. The molecule has 21 heavy (non-hydrogen) atoms. The van der Waals surface area contributed by atoms with Gasteiger partial charge in [-0.05, 0) is 51.6 Å². The fourth-order valence-corrected chi connectivity index (χ4v) is 2.51. The Morgan fingerprint density at radius 3 is 2.76 bits per heavy atom. The molecule has 2 rings (SSSR count). The first-order chi connectivity index (χ1) is 10.0. The standard InChI is InChI=1S/C16H24N2O2S/c1-16(2,3)21-18-14(13-6-4-9-17-12-13)7-8-15-19-10-5-11-20-15/h4,6,9,12,15H,5,7-8,10-11H2,1-3H3/b18-14+. The van der Waals surface area contributed by atoms with E-state index in [4.69, 9.17) is 13.9 Å². The molecule has 0 atom stereocenters. The molecule has 1 saturated heterocycles. The Bertz CT molecular complexity index is 451. The molecule has 116 valence electrons. The van der Waals surface area contributed by atoms with Gasteiger partial charge in [-0.25, -0.2) is 4.40 Å². The second-order valence-electron chi connectivity index (χ2n) is 6.05. The van der Waals surface area contributed by atoms with Crippen LogP contribution in [0, 0.1) is 0 Å².